The van der Waals surface area contributed by atoms with Crippen molar-refractivity contribution in [2.75, 3.05) is 20.4 Å². The van der Waals surface area contributed by atoms with Crippen LogP contribution in [0.5, 0.6) is 11.5 Å². The number of H-pyrrole nitrogens is 1. The van der Waals surface area contributed by atoms with Crippen molar-refractivity contribution in [3.05, 3.63) is 29.5 Å². The Kier molecular flexibility index (Phi) is 3.13. The van der Waals surface area contributed by atoms with Crippen molar-refractivity contribution in [1.82, 2.24) is 15.5 Å². The van der Waals surface area contributed by atoms with Gasteiger partial charge in [-0.3, -0.25) is 5.10 Å². The summed E-state index contributed by atoms with van der Waals surface area (Å²) in [7, 11) is 1.94. The molecule has 1 aliphatic heterocycles. The number of aromatic amines is 1. The standard InChI is InChI=1S/C14H17N3O2/c1-9-5-13-14(19-8-18-13)7-11(9)12-6-10(16-17-12)3-4-15-2/h5-7,15H,3-4,8H2,1-2H3,(H,16,17). The van der Waals surface area contributed by atoms with Crippen LogP contribution in [-0.2, 0) is 6.42 Å². The largest absolute Gasteiger partial charge is 0.454 e. The number of ether oxygens (including phenoxy) is 2. The van der Waals surface area contributed by atoms with Gasteiger partial charge in [-0.05, 0) is 37.7 Å². The molecule has 0 aliphatic carbocycles. The normalized spacial score (nSPS) is 12.9. The Morgan fingerprint density at radius 3 is 2.84 bits per heavy atom. The summed E-state index contributed by atoms with van der Waals surface area (Å²) in [6.07, 6.45) is 0.938. The van der Waals surface area contributed by atoms with Crippen molar-refractivity contribution < 1.29 is 9.47 Å². The van der Waals surface area contributed by atoms with E-state index in [1.165, 1.54) is 0 Å². The summed E-state index contributed by atoms with van der Waals surface area (Å²) >= 11 is 0. The molecule has 2 heterocycles. The second-order valence-electron chi connectivity index (χ2n) is 4.65. The molecule has 0 spiro atoms. The topological polar surface area (TPSA) is 59.2 Å². The van der Waals surface area contributed by atoms with Crippen LogP contribution < -0.4 is 14.8 Å². The molecule has 0 bridgehead atoms. The molecule has 0 fully saturated rings. The summed E-state index contributed by atoms with van der Waals surface area (Å²) in [5, 5.41) is 10.6. The minimum absolute atomic E-state index is 0.298. The van der Waals surface area contributed by atoms with Crippen molar-refractivity contribution in [2.45, 2.75) is 13.3 Å². The molecule has 1 aromatic carbocycles. The first-order valence-electron chi connectivity index (χ1n) is 6.37. The molecule has 1 aromatic heterocycles. The highest BCUT2D eigenvalue weighted by Gasteiger charge is 2.17. The third-order valence-corrected chi connectivity index (χ3v) is 3.27. The Bertz CT molecular complexity index is 592. The number of hydrogen-bond donors (Lipinski definition) is 2. The third kappa shape index (κ3) is 2.29. The second-order valence-corrected chi connectivity index (χ2v) is 4.65. The number of nitrogens with zero attached hydrogens (tertiary/aromatic N) is 1. The summed E-state index contributed by atoms with van der Waals surface area (Å²) in [5.41, 5.74) is 4.29. The predicted molar refractivity (Wildman–Crippen MR) is 72.5 cm³/mol. The van der Waals surface area contributed by atoms with Crippen molar-refractivity contribution in [3.63, 3.8) is 0 Å². The van der Waals surface area contributed by atoms with Gasteiger partial charge in [0.15, 0.2) is 11.5 Å². The average molecular weight is 259 g/mol. The molecule has 5 nitrogen and oxygen atoms in total. The highest BCUT2D eigenvalue weighted by Crippen LogP contribution is 2.37. The quantitative estimate of drug-likeness (QED) is 0.880. The molecule has 0 radical (unpaired) electrons. The third-order valence-electron chi connectivity index (χ3n) is 3.27. The highest BCUT2D eigenvalue weighted by molar-refractivity contribution is 5.68. The fourth-order valence-corrected chi connectivity index (χ4v) is 2.21. The molecule has 0 amide bonds. The van der Waals surface area contributed by atoms with Gasteiger partial charge in [-0.2, -0.15) is 5.10 Å². The van der Waals surface area contributed by atoms with Crippen molar-refractivity contribution in [2.24, 2.45) is 0 Å². The molecule has 2 N–H and O–H groups in total. The Balaban J connectivity index is 1.91. The minimum Gasteiger partial charge on any atom is -0.454 e. The van der Waals surface area contributed by atoms with Crippen LogP contribution >= 0.6 is 0 Å². The van der Waals surface area contributed by atoms with Gasteiger partial charge in [-0.25, -0.2) is 0 Å². The molecule has 0 atom stereocenters. The zero-order valence-electron chi connectivity index (χ0n) is 11.1. The molecule has 1 aliphatic rings. The van der Waals surface area contributed by atoms with Gasteiger partial charge in [0.05, 0.1) is 5.69 Å². The zero-order chi connectivity index (χ0) is 13.2. The summed E-state index contributed by atoms with van der Waals surface area (Å²) in [6.45, 7) is 3.28. The van der Waals surface area contributed by atoms with E-state index < -0.39 is 0 Å². The smallest absolute Gasteiger partial charge is 0.231 e. The molecule has 0 saturated carbocycles. The first-order chi connectivity index (χ1) is 9.28. The van der Waals surface area contributed by atoms with Crippen LogP contribution in [0.2, 0.25) is 0 Å². The number of likely N-dealkylation sites (N-methyl/N-ethyl adjacent to an activating group) is 1. The van der Waals surface area contributed by atoms with Crippen LogP contribution in [0.25, 0.3) is 11.3 Å². The Labute approximate surface area is 111 Å². The molecule has 5 heteroatoms. The maximum atomic E-state index is 5.42. The number of nitrogens with one attached hydrogen (secondary N) is 2. The van der Waals surface area contributed by atoms with Gasteiger partial charge in [0.25, 0.3) is 0 Å². The molecule has 19 heavy (non-hydrogen) atoms. The molecular formula is C14H17N3O2. The minimum atomic E-state index is 0.298. The summed E-state index contributed by atoms with van der Waals surface area (Å²) in [5.74, 6) is 1.60. The van der Waals surface area contributed by atoms with Gasteiger partial charge in [-0.1, -0.05) is 0 Å². The van der Waals surface area contributed by atoms with Crippen LogP contribution in [-0.4, -0.2) is 30.6 Å². The number of fused-ring (bicyclic) bond motifs is 1. The lowest BCUT2D eigenvalue weighted by molar-refractivity contribution is 0.174. The maximum absolute atomic E-state index is 5.42. The lowest BCUT2D eigenvalue weighted by atomic mass is 10.0. The second kappa shape index (κ2) is 4.93. The van der Waals surface area contributed by atoms with Crippen LogP contribution in [0, 0.1) is 6.92 Å². The Morgan fingerprint density at radius 1 is 1.26 bits per heavy atom. The van der Waals surface area contributed by atoms with E-state index in [9.17, 15) is 0 Å². The van der Waals surface area contributed by atoms with Crippen molar-refractivity contribution in [3.8, 4) is 22.8 Å². The van der Waals surface area contributed by atoms with E-state index in [0.717, 1.165) is 47.0 Å². The Morgan fingerprint density at radius 2 is 2.05 bits per heavy atom. The van der Waals surface area contributed by atoms with E-state index in [1.54, 1.807) is 0 Å². The van der Waals surface area contributed by atoms with Crippen molar-refractivity contribution in [1.29, 1.82) is 0 Å². The van der Waals surface area contributed by atoms with E-state index >= 15 is 0 Å². The fraction of sp³-hybridized carbons (Fsp3) is 0.357. The summed E-state index contributed by atoms with van der Waals surface area (Å²) in [6, 6.07) is 6.08. The Hall–Kier alpha value is -2.01. The molecule has 100 valence electrons. The fourth-order valence-electron chi connectivity index (χ4n) is 2.21. The summed E-state index contributed by atoms with van der Waals surface area (Å²) in [4.78, 5) is 0. The van der Waals surface area contributed by atoms with Gasteiger partial charge < -0.3 is 14.8 Å². The molecule has 2 aromatic rings. The first kappa shape index (κ1) is 12.0. The SMILES string of the molecule is CNCCc1cc(-c2cc3c(cc2C)OCO3)n[nH]1. The molecular weight excluding hydrogens is 242 g/mol. The predicted octanol–water partition coefficient (Wildman–Crippen LogP) is 1.88. The van der Waals surface area contributed by atoms with Gasteiger partial charge in [-0.15, -0.1) is 0 Å². The number of aryl methyl sites for hydroxylation is 1. The van der Waals surface area contributed by atoms with Crippen LogP contribution in [0.4, 0.5) is 0 Å². The molecule has 3 rings (SSSR count). The zero-order valence-corrected chi connectivity index (χ0v) is 11.1. The van der Waals surface area contributed by atoms with Crippen molar-refractivity contribution >= 4 is 0 Å². The van der Waals surface area contributed by atoms with E-state index in [0.29, 0.717) is 6.79 Å². The maximum Gasteiger partial charge on any atom is 0.231 e. The lowest BCUT2D eigenvalue weighted by Gasteiger charge is -2.04. The number of aromatic nitrogens is 2. The van der Waals surface area contributed by atoms with E-state index in [-0.39, 0.29) is 0 Å². The van der Waals surface area contributed by atoms with E-state index in [4.69, 9.17) is 9.47 Å². The molecule has 0 unspecified atom stereocenters. The van der Waals surface area contributed by atoms with Crippen LogP contribution in [0.1, 0.15) is 11.3 Å². The van der Waals surface area contributed by atoms with E-state index in [2.05, 4.69) is 28.5 Å². The number of benzene rings is 1. The highest BCUT2D eigenvalue weighted by atomic mass is 16.7. The lowest BCUT2D eigenvalue weighted by Crippen LogP contribution is -2.10. The van der Waals surface area contributed by atoms with Crippen LogP contribution in [0.3, 0.4) is 0 Å². The van der Waals surface area contributed by atoms with Gasteiger partial charge >= 0.3 is 0 Å². The van der Waals surface area contributed by atoms with Crippen LogP contribution in [0.15, 0.2) is 18.2 Å². The average Bonchev–Trinajstić information content (AvgIpc) is 3.03. The molecule has 0 saturated heterocycles. The van der Waals surface area contributed by atoms with E-state index in [1.807, 2.05) is 19.2 Å². The monoisotopic (exact) mass is 259 g/mol. The summed E-state index contributed by atoms with van der Waals surface area (Å²) < 4.78 is 10.8. The van der Waals surface area contributed by atoms with Gasteiger partial charge in [0, 0.05) is 24.2 Å². The van der Waals surface area contributed by atoms with Gasteiger partial charge in [0.2, 0.25) is 6.79 Å². The number of hydrogen-bond acceptors (Lipinski definition) is 4. The first-order valence-corrected chi connectivity index (χ1v) is 6.37. The van der Waals surface area contributed by atoms with Gasteiger partial charge in [0.1, 0.15) is 0 Å². The number of rotatable bonds is 4.